The van der Waals surface area contributed by atoms with E-state index in [1.807, 2.05) is 6.26 Å². The van der Waals surface area contributed by atoms with Crippen LogP contribution in [0.5, 0.6) is 0 Å². The number of aliphatic hydroxyl groups excluding tert-OH is 1. The second-order valence-corrected chi connectivity index (χ2v) is 13.9. The molecule has 1 amide bonds. The van der Waals surface area contributed by atoms with E-state index in [2.05, 4.69) is 5.32 Å². The number of hydrogen-bond donors (Lipinski definition) is 3. The van der Waals surface area contributed by atoms with Gasteiger partial charge < -0.3 is 15.5 Å². The zero-order valence-electron chi connectivity index (χ0n) is 22.6. The fraction of sp³-hybridized carbons (Fsp3) is 0.714. The monoisotopic (exact) mass is 585 g/mol. The van der Waals surface area contributed by atoms with Gasteiger partial charge in [-0.3, -0.25) is 19.2 Å². The van der Waals surface area contributed by atoms with E-state index in [-0.39, 0.29) is 30.6 Å². The van der Waals surface area contributed by atoms with Crippen molar-refractivity contribution in [1.29, 1.82) is 0 Å². The molecule has 216 valence electrons. The quantitative estimate of drug-likeness (QED) is 0.354. The third-order valence-electron chi connectivity index (χ3n) is 10.1. The van der Waals surface area contributed by atoms with Gasteiger partial charge in [0.15, 0.2) is 17.2 Å². The number of thioether (sulfide) groups is 2. The minimum absolute atomic E-state index is 0.0173. The molecular weight excluding hydrogens is 548 g/mol. The lowest BCUT2D eigenvalue weighted by atomic mass is 9.44. The van der Waals surface area contributed by atoms with Crippen molar-refractivity contribution in [2.24, 2.45) is 28.6 Å². The van der Waals surface area contributed by atoms with Crippen molar-refractivity contribution in [3.05, 3.63) is 23.8 Å². The maximum Gasteiger partial charge on any atom is 0.211 e. The van der Waals surface area contributed by atoms with Crippen LogP contribution in [0, 0.1) is 28.6 Å². The molecule has 0 saturated heterocycles. The van der Waals surface area contributed by atoms with Crippen LogP contribution in [0.1, 0.15) is 46.5 Å². The van der Waals surface area contributed by atoms with Gasteiger partial charge in [-0.1, -0.05) is 31.7 Å². The molecule has 3 saturated carbocycles. The van der Waals surface area contributed by atoms with Gasteiger partial charge in [-0.15, -0.1) is 0 Å². The summed E-state index contributed by atoms with van der Waals surface area (Å²) in [5.41, 5.74) is -7.06. The standard InChI is InChI=1S/C28H37F2NO6S2/c1-15-9-17-18-11-20(29)19-10-16(33)5-7-25(19,2)27(18,30)22(34)12-26(17,3)28(15,37)23(35)13-39-24(36)21(31-14-32)6-8-38-4/h5,7,10,14-15,17-18,20-22,34,37H,6,8-9,11-13H2,1-4H3,(H,31,32)/t15-,17+,18+,20?,21?,22+,25+,26+,27+,28+/m1/s1. The van der Waals surface area contributed by atoms with Crippen LogP contribution in [0.4, 0.5) is 8.78 Å². The normalized spacial score (nSPS) is 43.5. The topological polar surface area (TPSA) is 121 Å². The number of halogens is 2. The number of carbonyl (C=O) groups is 4. The highest BCUT2D eigenvalue weighted by Crippen LogP contribution is 2.71. The van der Waals surface area contributed by atoms with Crippen molar-refractivity contribution in [3.63, 3.8) is 0 Å². The fourth-order valence-electron chi connectivity index (χ4n) is 8.07. The van der Waals surface area contributed by atoms with Crippen LogP contribution in [0.25, 0.3) is 0 Å². The number of ketones is 2. The maximum absolute atomic E-state index is 17.3. The van der Waals surface area contributed by atoms with Crippen molar-refractivity contribution >= 4 is 46.6 Å². The minimum Gasteiger partial charge on any atom is -0.390 e. The molecule has 0 aromatic heterocycles. The number of aliphatic hydroxyl groups is 2. The van der Waals surface area contributed by atoms with Gasteiger partial charge in [0.2, 0.25) is 11.5 Å². The molecule has 11 heteroatoms. The average Bonchev–Trinajstić information content (AvgIpc) is 3.09. The van der Waals surface area contributed by atoms with Gasteiger partial charge in [0.05, 0.1) is 17.9 Å². The Morgan fingerprint density at radius 3 is 2.62 bits per heavy atom. The number of allylic oxidation sites excluding steroid dienone is 4. The van der Waals surface area contributed by atoms with E-state index in [1.165, 1.54) is 30.8 Å². The molecule has 3 fully saturated rings. The number of rotatable bonds is 9. The maximum atomic E-state index is 17.3. The predicted molar refractivity (Wildman–Crippen MR) is 147 cm³/mol. The van der Waals surface area contributed by atoms with E-state index >= 15 is 8.78 Å². The molecule has 3 N–H and O–H groups in total. The van der Waals surface area contributed by atoms with Gasteiger partial charge in [0.1, 0.15) is 11.8 Å². The number of alkyl halides is 2. The first-order chi connectivity index (χ1) is 18.2. The Balaban J connectivity index is 1.62. The lowest BCUT2D eigenvalue weighted by Crippen LogP contribution is -2.70. The van der Waals surface area contributed by atoms with Gasteiger partial charge in [0, 0.05) is 16.7 Å². The van der Waals surface area contributed by atoms with Gasteiger partial charge in [-0.2, -0.15) is 11.8 Å². The second kappa shape index (κ2) is 10.7. The molecule has 0 spiro atoms. The van der Waals surface area contributed by atoms with Gasteiger partial charge in [-0.25, -0.2) is 8.78 Å². The number of hydrogen-bond acceptors (Lipinski definition) is 8. The fourth-order valence-corrected chi connectivity index (χ4v) is 9.42. The Morgan fingerprint density at radius 1 is 1.28 bits per heavy atom. The van der Waals surface area contributed by atoms with Crippen molar-refractivity contribution in [1.82, 2.24) is 5.32 Å². The summed E-state index contributed by atoms with van der Waals surface area (Å²) in [7, 11) is 0. The lowest BCUT2D eigenvalue weighted by Gasteiger charge is -2.63. The third-order valence-corrected chi connectivity index (χ3v) is 11.8. The Labute approximate surface area is 236 Å². The first kappa shape index (κ1) is 30.4. The van der Waals surface area contributed by atoms with Crippen LogP contribution >= 0.6 is 23.5 Å². The summed E-state index contributed by atoms with van der Waals surface area (Å²) < 4.78 is 32.8. The highest BCUT2D eigenvalue weighted by Gasteiger charge is 2.76. The summed E-state index contributed by atoms with van der Waals surface area (Å²) in [4.78, 5) is 49.3. The molecule has 0 aliphatic heterocycles. The molecule has 0 bridgehead atoms. The molecule has 39 heavy (non-hydrogen) atoms. The summed E-state index contributed by atoms with van der Waals surface area (Å²) in [6.45, 7) is 4.85. The summed E-state index contributed by atoms with van der Waals surface area (Å²) in [6, 6.07) is -0.766. The number of fused-ring (bicyclic) bond motifs is 5. The number of carbonyl (C=O) groups excluding carboxylic acids is 4. The molecule has 10 atom stereocenters. The molecule has 7 nitrogen and oxygen atoms in total. The lowest BCUT2D eigenvalue weighted by molar-refractivity contribution is -0.222. The Hall–Kier alpha value is -1.56. The Kier molecular flexibility index (Phi) is 8.33. The van der Waals surface area contributed by atoms with Crippen molar-refractivity contribution in [2.75, 3.05) is 17.8 Å². The Bertz CT molecular complexity index is 1120. The largest absolute Gasteiger partial charge is 0.390 e. The van der Waals surface area contributed by atoms with Crippen LogP contribution < -0.4 is 5.32 Å². The van der Waals surface area contributed by atoms with Crippen molar-refractivity contribution in [2.45, 2.75) is 76.0 Å². The molecule has 0 aromatic carbocycles. The molecule has 4 aliphatic carbocycles. The molecule has 4 rings (SSSR count). The molecule has 0 heterocycles. The average molecular weight is 586 g/mol. The second-order valence-electron chi connectivity index (χ2n) is 11.9. The smallest absolute Gasteiger partial charge is 0.211 e. The SMILES string of the molecule is CSCCC(NC=O)C(=O)SCC(=O)[C@@]1(O)[C@H](C)C[C@H]2[C@@H]3CC(F)C4=CC(=O)C=C[C@]4(C)[C@@]3(F)[C@@H](O)C[C@@]21C. The van der Waals surface area contributed by atoms with E-state index in [1.54, 1.807) is 13.8 Å². The number of Topliss-reactive ketones (excluding diaryl/α,β-unsaturated/α-hetero) is 1. The van der Waals surface area contributed by atoms with Crippen LogP contribution in [-0.4, -0.2) is 80.7 Å². The van der Waals surface area contributed by atoms with Gasteiger partial charge in [0.25, 0.3) is 0 Å². The van der Waals surface area contributed by atoms with E-state index in [9.17, 15) is 29.4 Å². The molecular formula is C28H37F2NO6S2. The summed E-state index contributed by atoms with van der Waals surface area (Å²) >= 11 is 2.24. The minimum atomic E-state index is -2.30. The molecule has 4 aliphatic rings. The van der Waals surface area contributed by atoms with Crippen LogP contribution in [-0.2, 0) is 19.2 Å². The number of nitrogens with one attached hydrogen (secondary N) is 1. The van der Waals surface area contributed by atoms with E-state index in [4.69, 9.17) is 0 Å². The molecule has 0 radical (unpaired) electrons. The first-order valence-corrected chi connectivity index (χ1v) is 15.7. The van der Waals surface area contributed by atoms with Crippen LogP contribution in [0.3, 0.4) is 0 Å². The highest BCUT2D eigenvalue weighted by atomic mass is 32.2. The zero-order chi connectivity index (χ0) is 29.0. The molecule has 2 unspecified atom stereocenters. The van der Waals surface area contributed by atoms with E-state index in [0.717, 1.165) is 17.8 Å². The summed E-state index contributed by atoms with van der Waals surface area (Å²) in [6.07, 6.45) is 2.90. The summed E-state index contributed by atoms with van der Waals surface area (Å²) in [5, 5.41) is 25.5. The highest BCUT2D eigenvalue weighted by molar-refractivity contribution is 8.14. The van der Waals surface area contributed by atoms with Gasteiger partial charge in [-0.05, 0) is 74.2 Å². The van der Waals surface area contributed by atoms with Crippen molar-refractivity contribution < 1.29 is 38.2 Å². The van der Waals surface area contributed by atoms with Crippen LogP contribution in [0.2, 0.25) is 0 Å². The van der Waals surface area contributed by atoms with Crippen molar-refractivity contribution in [3.8, 4) is 0 Å². The van der Waals surface area contributed by atoms with E-state index < -0.39 is 74.9 Å². The summed E-state index contributed by atoms with van der Waals surface area (Å²) in [5.74, 6) is -3.00. The Morgan fingerprint density at radius 2 is 1.97 bits per heavy atom. The molecule has 0 aromatic rings. The predicted octanol–water partition coefficient (Wildman–Crippen LogP) is 2.98. The van der Waals surface area contributed by atoms with Crippen LogP contribution in [0.15, 0.2) is 23.8 Å². The zero-order valence-corrected chi connectivity index (χ0v) is 24.2. The number of amides is 1. The van der Waals surface area contributed by atoms with Gasteiger partial charge >= 0.3 is 0 Å². The van der Waals surface area contributed by atoms with E-state index in [0.29, 0.717) is 18.6 Å². The first-order valence-electron chi connectivity index (χ1n) is 13.3. The third kappa shape index (κ3) is 4.37.